The van der Waals surface area contributed by atoms with Gasteiger partial charge in [-0.1, -0.05) is 153 Å². The number of hydrogen-bond acceptors (Lipinski definition) is 1. The van der Waals surface area contributed by atoms with Crippen LogP contribution in [0.1, 0.15) is 25.0 Å². The second-order valence-corrected chi connectivity index (χ2v) is 16.1. The molecule has 57 heavy (non-hydrogen) atoms. The first-order chi connectivity index (χ1) is 28.0. The van der Waals surface area contributed by atoms with Crippen LogP contribution in [0, 0.1) is 0 Å². The minimum Gasteiger partial charge on any atom is -0.455 e. The fourth-order valence-electron chi connectivity index (χ4n) is 9.88. The maximum absolute atomic E-state index is 6.64. The molecule has 2 aromatic heterocycles. The zero-order chi connectivity index (χ0) is 37.8. The van der Waals surface area contributed by atoms with Crippen LogP contribution in [0.2, 0.25) is 0 Å². The fourth-order valence-corrected chi connectivity index (χ4v) is 9.88. The van der Waals surface area contributed by atoms with E-state index >= 15 is 0 Å². The van der Waals surface area contributed by atoms with Gasteiger partial charge in [-0.05, 0) is 109 Å². The van der Waals surface area contributed by atoms with Crippen molar-refractivity contribution in [1.29, 1.82) is 0 Å². The Morgan fingerprint density at radius 2 is 1.07 bits per heavy atom. The minimum absolute atomic E-state index is 0.0871. The van der Waals surface area contributed by atoms with E-state index in [9.17, 15) is 0 Å². The molecule has 0 N–H and O–H groups in total. The smallest absolute Gasteiger partial charge is 0.143 e. The minimum atomic E-state index is -0.0871. The van der Waals surface area contributed by atoms with Gasteiger partial charge in [-0.15, -0.1) is 0 Å². The van der Waals surface area contributed by atoms with Gasteiger partial charge >= 0.3 is 0 Å². The van der Waals surface area contributed by atoms with Crippen LogP contribution in [0.15, 0.2) is 192 Å². The van der Waals surface area contributed by atoms with E-state index in [2.05, 4.69) is 206 Å². The summed E-state index contributed by atoms with van der Waals surface area (Å²) in [5, 5.41) is 7.34. The van der Waals surface area contributed by atoms with Crippen molar-refractivity contribution in [3.63, 3.8) is 0 Å². The van der Waals surface area contributed by atoms with Gasteiger partial charge in [0.2, 0.25) is 0 Å². The number of furan rings is 1. The van der Waals surface area contributed by atoms with Gasteiger partial charge in [-0.25, -0.2) is 0 Å². The largest absolute Gasteiger partial charge is 0.455 e. The number of rotatable bonds is 4. The van der Waals surface area contributed by atoms with Crippen LogP contribution < -0.4 is 0 Å². The summed E-state index contributed by atoms with van der Waals surface area (Å²) in [5.41, 5.74) is 17.8. The van der Waals surface area contributed by atoms with Crippen LogP contribution in [-0.2, 0) is 5.41 Å². The molecule has 0 spiro atoms. The van der Waals surface area contributed by atoms with Gasteiger partial charge in [0, 0.05) is 38.2 Å². The lowest BCUT2D eigenvalue weighted by molar-refractivity contribution is 0.666. The molecule has 268 valence electrons. The van der Waals surface area contributed by atoms with Gasteiger partial charge < -0.3 is 8.98 Å². The highest BCUT2D eigenvalue weighted by Gasteiger charge is 2.36. The Bertz CT molecular complexity index is 3430. The van der Waals surface area contributed by atoms with Crippen molar-refractivity contribution in [2.75, 3.05) is 0 Å². The maximum atomic E-state index is 6.64. The van der Waals surface area contributed by atoms with E-state index in [1.807, 2.05) is 0 Å². The molecular weight excluding hydrogens is 691 g/mol. The van der Waals surface area contributed by atoms with E-state index in [1.165, 1.54) is 82.8 Å². The first kappa shape index (κ1) is 32.1. The Morgan fingerprint density at radius 1 is 0.404 bits per heavy atom. The molecule has 2 heteroatoms. The zero-order valence-electron chi connectivity index (χ0n) is 31.8. The molecule has 1 aliphatic rings. The van der Waals surface area contributed by atoms with Crippen LogP contribution in [0.25, 0.3) is 105 Å². The highest BCUT2D eigenvalue weighted by Crippen LogP contribution is 2.51. The summed E-state index contributed by atoms with van der Waals surface area (Å²) >= 11 is 0. The van der Waals surface area contributed by atoms with Crippen molar-refractivity contribution in [3.05, 3.63) is 199 Å². The second-order valence-electron chi connectivity index (χ2n) is 16.1. The summed E-state index contributed by atoms with van der Waals surface area (Å²) in [6.07, 6.45) is 0. The highest BCUT2D eigenvalue weighted by atomic mass is 16.3. The van der Waals surface area contributed by atoms with Crippen LogP contribution in [0.5, 0.6) is 0 Å². The molecule has 0 fully saturated rings. The molecule has 2 heterocycles. The molecule has 9 aromatic carbocycles. The number of aromatic nitrogens is 1. The average molecular weight is 728 g/mol. The molecule has 0 amide bonds. The second kappa shape index (κ2) is 11.9. The lowest BCUT2D eigenvalue weighted by Crippen LogP contribution is -2.15. The number of fused-ring (bicyclic) bond motifs is 11. The van der Waals surface area contributed by atoms with Gasteiger partial charge in [0.25, 0.3) is 0 Å². The summed E-state index contributed by atoms with van der Waals surface area (Å²) < 4.78 is 9.09. The number of nitrogens with zero attached hydrogens (tertiary/aromatic N) is 1. The van der Waals surface area contributed by atoms with E-state index in [0.29, 0.717) is 0 Å². The number of hydrogen-bond donors (Lipinski definition) is 0. The molecule has 12 rings (SSSR count). The SMILES string of the molecule is CC1(C)c2ccccc2-c2ccc3ccc(-n4c5ccccc5c5cc(-c6ccc7oc8c(-c9cccc(-c%10ccccc%10)c9)cccc8c7c6)ccc54)cc3c21. The molecule has 2 nitrogen and oxygen atoms in total. The topological polar surface area (TPSA) is 18.1 Å². The van der Waals surface area contributed by atoms with Gasteiger partial charge in [0.1, 0.15) is 11.2 Å². The third kappa shape index (κ3) is 4.71. The highest BCUT2D eigenvalue weighted by molar-refractivity contribution is 6.13. The lowest BCUT2D eigenvalue weighted by atomic mass is 9.80. The molecule has 0 saturated heterocycles. The first-order valence-electron chi connectivity index (χ1n) is 19.8. The summed E-state index contributed by atoms with van der Waals surface area (Å²) in [6, 6.07) is 68.7. The van der Waals surface area contributed by atoms with Crippen molar-refractivity contribution < 1.29 is 4.42 Å². The molecule has 11 aromatic rings. The average Bonchev–Trinajstić information content (AvgIpc) is 3.89. The van der Waals surface area contributed by atoms with Gasteiger partial charge in [-0.3, -0.25) is 0 Å². The summed E-state index contributed by atoms with van der Waals surface area (Å²) in [7, 11) is 0. The van der Waals surface area contributed by atoms with Crippen LogP contribution >= 0.6 is 0 Å². The first-order valence-corrected chi connectivity index (χ1v) is 19.8. The third-order valence-electron chi connectivity index (χ3n) is 12.6. The molecular formula is C55H37NO. The molecule has 0 aliphatic heterocycles. The van der Waals surface area contributed by atoms with Gasteiger partial charge in [-0.2, -0.15) is 0 Å². The normalized spacial score (nSPS) is 13.2. The standard InChI is InChI=1S/C55H37NO/c1-55(2)49-20-8-6-16-42(49)44-27-23-35-22-26-40(33-46(35)53(44)55)56-50-21-9-7-17-43(50)47-31-37(24-28-51(47)56)38-25-29-52-48(32-38)45-19-11-18-41(54(45)57-52)39-15-10-14-36(30-39)34-12-4-3-5-13-34/h3-33H,1-2H3. The Hall–Kier alpha value is -7.16. The molecule has 0 unspecified atom stereocenters. The molecule has 0 saturated carbocycles. The Balaban J connectivity index is 0.983. The quantitative estimate of drug-likeness (QED) is 0.177. The van der Waals surface area contributed by atoms with Crippen LogP contribution in [0.4, 0.5) is 0 Å². The van der Waals surface area contributed by atoms with E-state index in [4.69, 9.17) is 4.42 Å². The fraction of sp³-hybridized carbons (Fsp3) is 0.0545. The Kier molecular flexibility index (Phi) is 6.72. The van der Waals surface area contributed by atoms with E-state index in [1.54, 1.807) is 0 Å². The zero-order valence-corrected chi connectivity index (χ0v) is 31.8. The Morgan fingerprint density at radius 3 is 1.98 bits per heavy atom. The molecule has 0 bridgehead atoms. The third-order valence-corrected chi connectivity index (χ3v) is 12.6. The Labute approximate surface area is 330 Å². The monoisotopic (exact) mass is 727 g/mol. The number of para-hydroxylation sites is 2. The molecule has 0 radical (unpaired) electrons. The van der Waals surface area contributed by atoms with E-state index in [-0.39, 0.29) is 5.41 Å². The van der Waals surface area contributed by atoms with Crippen molar-refractivity contribution in [1.82, 2.24) is 4.57 Å². The predicted octanol–water partition coefficient (Wildman–Crippen LogP) is 15.1. The van der Waals surface area contributed by atoms with Crippen molar-refractivity contribution in [3.8, 4) is 50.2 Å². The summed E-state index contributed by atoms with van der Waals surface area (Å²) in [6.45, 7) is 4.75. The van der Waals surface area contributed by atoms with Crippen molar-refractivity contribution >= 4 is 54.5 Å². The molecule has 0 atom stereocenters. The van der Waals surface area contributed by atoms with Gasteiger partial charge in [0.05, 0.1) is 11.0 Å². The van der Waals surface area contributed by atoms with E-state index in [0.717, 1.165) is 33.1 Å². The number of benzene rings is 9. The maximum Gasteiger partial charge on any atom is 0.143 e. The van der Waals surface area contributed by atoms with Crippen LogP contribution in [-0.4, -0.2) is 4.57 Å². The van der Waals surface area contributed by atoms with Crippen molar-refractivity contribution in [2.45, 2.75) is 19.3 Å². The van der Waals surface area contributed by atoms with Crippen molar-refractivity contribution in [2.24, 2.45) is 0 Å². The summed E-state index contributed by atoms with van der Waals surface area (Å²) in [4.78, 5) is 0. The van der Waals surface area contributed by atoms with E-state index < -0.39 is 0 Å². The summed E-state index contributed by atoms with van der Waals surface area (Å²) in [5.74, 6) is 0. The molecule has 1 aliphatic carbocycles. The lowest BCUT2D eigenvalue weighted by Gasteiger charge is -2.23. The predicted molar refractivity (Wildman–Crippen MR) is 239 cm³/mol. The van der Waals surface area contributed by atoms with Gasteiger partial charge in [0.15, 0.2) is 0 Å². The van der Waals surface area contributed by atoms with Crippen LogP contribution in [0.3, 0.4) is 0 Å².